The summed E-state index contributed by atoms with van der Waals surface area (Å²) in [7, 11) is 1.61. The molecular formula is C18H22BrN3O3S. The molecule has 140 valence electrons. The van der Waals surface area contributed by atoms with Crippen molar-refractivity contribution < 1.29 is 14.4 Å². The predicted octanol–water partition coefficient (Wildman–Crippen LogP) is 2.61. The minimum atomic E-state index is -0.479. The Hall–Kier alpha value is -1.54. The van der Waals surface area contributed by atoms with E-state index in [1.165, 1.54) is 4.90 Å². The molecule has 1 aromatic rings. The number of likely N-dealkylation sites (N-methyl/N-ethyl adjacent to an activating group) is 1. The second-order valence-electron chi connectivity index (χ2n) is 6.97. The second kappa shape index (κ2) is 7.23. The Labute approximate surface area is 165 Å². The van der Waals surface area contributed by atoms with Crippen molar-refractivity contribution in [1.82, 2.24) is 9.80 Å². The van der Waals surface area contributed by atoms with Gasteiger partial charge in [0.25, 0.3) is 0 Å². The molecule has 2 aliphatic rings. The van der Waals surface area contributed by atoms with Crippen molar-refractivity contribution in [3.8, 4) is 0 Å². The lowest BCUT2D eigenvalue weighted by molar-refractivity contribution is -0.143. The van der Waals surface area contributed by atoms with Crippen LogP contribution in [-0.4, -0.2) is 57.8 Å². The highest BCUT2D eigenvalue weighted by Crippen LogP contribution is 2.47. The number of hydrogen-bond acceptors (Lipinski definition) is 4. The topological polar surface area (TPSA) is 69.7 Å². The summed E-state index contributed by atoms with van der Waals surface area (Å²) in [4.78, 5) is 40.2. The van der Waals surface area contributed by atoms with E-state index in [0.717, 1.165) is 22.1 Å². The van der Waals surface area contributed by atoms with Gasteiger partial charge in [-0.25, -0.2) is 0 Å². The van der Waals surface area contributed by atoms with Gasteiger partial charge in [0.15, 0.2) is 0 Å². The lowest BCUT2D eigenvalue weighted by Gasteiger charge is -2.31. The second-order valence-corrected chi connectivity index (χ2v) is 9.38. The zero-order chi connectivity index (χ0) is 19.1. The summed E-state index contributed by atoms with van der Waals surface area (Å²) in [5.41, 5.74) is 1.66. The number of benzene rings is 1. The molecule has 0 aliphatic carbocycles. The Kier molecular flexibility index (Phi) is 5.35. The van der Waals surface area contributed by atoms with E-state index in [1.807, 2.05) is 32.0 Å². The number of carbonyl (C=O) groups excluding carboxylic acids is 3. The van der Waals surface area contributed by atoms with Gasteiger partial charge in [-0.15, -0.1) is 11.8 Å². The number of thioether (sulfide) groups is 1. The van der Waals surface area contributed by atoms with Crippen LogP contribution in [0.2, 0.25) is 0 Å². The molecule has 2 aliphatic heterocycles. The molecule has 2 saturated heterocycles. The van der Waals surface area contributed by atoms with Crippen LogP contribution in [0.3, 0.4) is 0 Å². The fourth-order valence-electron chi connectivity index (χ4n) is 3.51. The van der Waals surface area contributed by atoms with E-state index >= 15 is 0 Å². The minimum absolute atomic E-state index is 0.0270. The summed E-state index contributed by atoms with van der Waals surface area (Å²) in [5, 5.41) is 2.84. The average Bonchev–Trinajstić information content (AvgIpc) is 3.06. The lowest BCUT2D eigenvalue weighted by atomic mass is 10.2. The summed E-state index contributed by atoms with van der Waals surface area (Å²) in [5.74, 6) is 0.171. The number of carbonyl (C=O) groups is 3. The highest BCUT2D eigenvalue weighted by atomic mass is 79.9. The molecule has 6 nitrogen and oxygen atoms in total. The molecule has 0 radical (unpaired) electrons. The van der Waals surface area contributed by atoms with Gasteiger partial charge in [-0.1, -0.05) is 15.9 Å². The van der Waals surface area contributed by atoms with Crippen LogP contribution in [0.15, 0.2) is 22.7 Å². The third kappa shape index (κ3) is 3.62. The lowest BCUT2D eigenvalue weighted by Crippen LogP contribution is -2.51. The monoisotopic (exact) mass is 439 g/mol. The molecule has 0 bridgehead atoms. The van der Waals surface area contributed by atoms with E-state index in [1.54, 1.807) is 23.7 Å². The molecule has 1 aromatic carbocycles. The van der Waals surface area contributed by atoms with Crippen LogP contribution < -0.4 is 5.32 Å². The molecule has 0 saturated carbocycles. The molecule has 2 heterocycles. The molecule has 0 spiro atoms. The van der Waals surface area contributed by atoms with E-state index in [0.29, 0.717) is 12.2 Å². The van der Waals surface area contributed by atoms with Gasteiger partial charge in [0.2, 0.25) is 17.7 Å². The van der Waals surface area contributed by atoms with Crippen LogP contribution in [-0.2, 0) is 14.4 Å². The number of rotatable bonds is 4. The summed E-state index contributed by atoms with van der Waals surface area (Å²) in [6.45, 7) is 3.87. The fraction of sp³-hybridized carbons (Fsp3) is 0.500. The Balaban J connectivity index is 1.62. The zero-order valence-electron chi connectivity index (χ0n) is 15.0. The van der Waals surface area contributed by atoms with Gasteiger partial charge in [0.1, 0.15) is 6.04 Å². The third-order valence-corrected chi connectivity index (χ3v) is 6.95. The van der Waals surface area contributed by atoms with Gasteiger partial charge in [0.05, 0.1) is 11.4 Å². The Bertz CT molecular complexity index is 772. The van der Waals surface area contributed by atoms with Crippen LogP contribution in [0.4, 0.5) is 5.69 Å². The maximum Gasteiger partial charge on any atom is 0.246 e. The van der Waals surface area contributed by atoms with E-state index < -0.39 is 6.04 Å². The number of halogens is 1. The smallest absolute Gasteiger partial charge is 0.246 e. The molecule has 3 amide bonds. The standard InChI is InChI=1S/C18H22BrN3O3S/c1-11-8-12(19)4-5-13(11)20-15(23)9-21(3)17(25)14-10-26-18(2)7-6-16(24)22(14)18/h4-5,8,14H,6-7,9-10H2,1-3H3,(H,20,23)/t14-,18-/m0/s1. The van der Waals surface area contributed by atoms with Gasteiger partial charge >= 0.3 is 0 Å². The van der Waals surface area contributed by atoms with Gasteiger partial charge < -0.3 is 15.1 Å². The van der Waals surface area contributed by atoms with Crippen LogP contribution in [0, 0.1) is 6.92 Å². The molecule has 2 fully saturated rings. The van der Waals surface area contributed by atoms with E-state index in [2.05, 4.69) is 21.2 Å². The Morgan fingerprint density at radius 1 is 1.46 bits per heavy atom. The predicted molar refractivity (Wildman–Crippen MR) is 106 cm³/mol. The number of fused-ring (bicyclic) bond motifs is 1. The van der Waals surface area contributed by atoms with Crippen molar-refractivity contribution in [2.24, 2.45) is 0 Å². The van der Waals surface area contributed by atoms with Crippen molar-refractivity contribution in [3.05, 3.63) is 28.2 Å². The van der Waals surface area contributed by atoms with E-state index in [9.17, 15) is 14.4 Å². The number of anilines is 1. The third-order valence-electron chi connectivity index (χ3n) is 4.95. The highest BCUT2D eigenvalue weighted by Gasteiger charge is 2.53. The number of hydrogen-bond donors (Lipinski definition) is 1. The summed E-state index contributed by atoms with van der Waals surface area (Å²) in [6, 6.07) is 5.11. The highest BCUT2D eigenvalue weighted by molar-refractivity contribution is 9.10. The summed E-state index contributed by atoms with van der Waals surface area (Å²) >= 11 is 5.04. The maximum absolute atomic E-state index is 12.8. The molecule has 8 heteroatoms. The van der Waals surface area contributed by atoms with Crippen molar-refractivity contribution in [3.63, 3.8) is 0 Å². The zero-order valence-corrected chi connectivity index (χ0v) is 17.4. The SMILES string of the molecule is Cc1cc(Br)ccc1NC(=O)CN(C)C(=O)[C@@H]1CS[C@@]2(C)CCC(=O)N12. The average molecular weight is 440 g/mol. The quantitative estimate of drug-likeness (QED) is 0.782. The molecular weight excluding hydrogens is 418 g/mol. The van der Waals surface area contributed by atoms with Crippen molar-refractivity contribution in [1.29, 1.82) is 0 Å². The largest absolute Gasteiger partial charge is 0.335 e. The van der Waals surface area contributed by atoms with Gasteiger partial charge in [-0.05, 0) is 44.0 Å². The first kappa shape index (κ1) is 19.2. The molecule has 1 N–H and O–H groups in total. The number of nitrogens with zero attached hydrogens (tertiary/aromatic N) is 2. The van der Waals surface area contributed by atoms with Crippen molar-refractivity contribution >= 4 is 51.1 Å². The number of nitrogens with one attached hydrogen (secondary N) is 1. The molecule has 0 unspecified atom stereocenters. The first-order valence-corrected chi connectivity index (χ1v) is 10.3. The summed E-state index contributed by atoms with van der Waals surface area (Å²) in [6.07, 6.45) is 1.26. The van der Waals surface area contributed by atoms with Crippen molar-refractivity contribution in [2.45, 2.75) is 37.6 Å². The first-order chi connectivity index (χ1) is 12.2. The maximum atomic E-state index is 12.8. The van der Waals surface area contributed by atoms with Crippen molar-refractivity contribution in [2.75, 3.05) is 24.7 Å². The normalized spacial score (nSPS) is 24.5. The van der Waals surface area contributed by atoms with Crippen LogP contribution >= 0.6 is 27.7 Å². The fourth-order valence-corrected chi connectivity index (χ4v) is 5.41. The van der Waals surface area contributed by atoms with Gasteiger partial charge in [-0.2, -0.15) is 0 Å². The summed E-state index contributed by atoms with van der Waals surface area (Å²) < 4.78 is 0.942. The van der Waals surface area contributed by atoms with Gasteiger partial charge in [-0.3, -0.25) is 14.4 Å². The molecule has 3 rings (SSSR count). The van der Waals surface area contributed by atoms with Crippen LogP contribution in [0.1, 0.15) is 25.3 Å². The van der Waals surface area contributed by atoms with E-state index in [4.69, 9.17) is 0 Å². The van der Waals surface area contributed by atoms with Gasteiger partial charge in [0, 0.05) is 29.4 Å². The Morgan fingerprint density at radius 3 is 2.88 bits per heavy atom. The molecule has 2 atom stereocenters. The van der Waals surface area contributed by atoms with Crippen LogP contribution in [0.5, 0.6) is 0 Å². The Morgan fingerprint density at radius 2 is 2.19 bits per heavy atom. The number of amides is 3. The van der Waals surface area contributed by atoms with E-state index in [-0.39, 0.29) is 29.1 Å². The van der Waals surface area contributed by atoms with Crippen LogP contribution in [0.25, 0.3) is 0 Å². The molecule has 26 heavy (non-hydrogen) atoms. The first-order valence-electron chi connectivity index (χ1n) is 8.48. The molecule has 0 aromatic heterocycles. The minimum Gasteiger partial charge on any atom is -0.335 e. The number of aryl methyl sites for hydroxylation is 1.